The van der Waals surface area contributed by atoms with Crippen LogP contribution in [0.2, 0.25) is 0 Å². The number of nitro groups is 1. The maximum Gasteiger partial charge on any atom is 0.312 e. The Morgan fingerprint density at radius 3 is 2.26 bits per heavy atom. The molecule has 4 saturated carbocycles. The molecule has 1 aromatic carbocycles. The van der Waals surface area contributed by atoms with Gasteiger partial charge < -0.3 is 10.1 Å². The number of nitrogens with one attached hydrogen (secondary N) is 1. The molecule has 4 fully saturated rings. The Labute approximate surface area is 157 Å². The summed E-state index contributed by atoms with van der Waals surface area (Å²) in [6.45, 7) is 1.52. The minimum atomic E-state index is -0.995. The van der Waals surface area contributed by atoms with Crippen molar-refractivity contribution < 1.29 is 19.2 Å². The number of nitrogens with zero attached hydrogens (tertiary/aromatic N) is 1. The minimum Gasteiger partial charge on any atom is -0.452 e. The fourth-order valence-corrected chi connectivity index (χ4v) is 5.67. The molecule has 4 aliphatic rings. The number of hydrogen-bond acceptors (Lipinski definition) is 5. The molecule has 144 valence electrons. The van der Waals surface area contributed by atoms with Gasteiger partial charge in [-0.25, -0.2) is 0 Å². The van der Waals surface area contributed by atoms with E-state index in [1.807, 2.05) is 0 Å². The first kappa shape index (κ1) is 17.9. The number of para-hydroxylation sites is 2. The molecule has 1 atom stereocenters. The molecule has 1 aromatic rings. The number of carbonyl (C=O) groups is 2. The SMILES string of the molecule is C[C@H](OC(=O)C12CC3CC(CC(C3)C1)C2)C(=O)Nc1ccccc1[N+](=O)[O-]. The second-order valence-electron chi connectivity index (χ2n) is 8.51. The number of nitro benzene ring substituents is 1. The molecule has 4 aliphatic carbocycles. The van der Waals surface area contributed by atoms with Crippen LogP contribution in [-0.4, -0.2) is 22.9 Å². The summed E-state index contributed by atoms with van der Waals surface area (Å²) in [6.07, 6.45) is 5.29. The van der Waals surface area contributed by atoms with Crippen LogP contribution >= 0.6 is 0 Å². The summed E-state index contributed by atoms with van der Waals surface area (Å²) in [5, 5.41) is 13.6. The highest BCUT2D eigenvalue weighted by Crippen LogP contribution is 2.60. The van der Waals surface area contributed by atoms with Gasteiger partial charge in [-0.1, -0.05) is 12.1 Å². The minimum absolute atomic E-state index is 0.102. The van der Waals surface area contributed by atoms with E-state index in [1.54, 1.807) is 6.07 Å². The molecule has 27 heavy (non-hydrogen) atoms. The van der Waals surface area contributed by atoms with Crippen molar-refractivity contribution in [3.8, 4) is 0 Å². The molecule has 0 unspecified atom stereocenters. The molecular weight excluding hydrogens is 348 g/mol. The summed E-state index contributed by atoms with van der Waals surface area (Å²) in [5.41, 5.74) is -0.516. The van der Waals surface area contributed by atoms with E-state index < -0.39 is 22.3 Å². The maximum atomic E-state index is 12.9. The topological polar surface area (TPSA) is 98.5 Å². The van der Waals surface area contributed by atoms with Gasteiger partial charge in [-0.15, -0.1) is 0 Å². The van der Waals surface area contributed by atoms with Crippen molar-refractivity contribution in [1.29, 1.82) is 0 Å². The summed E-state index contributed by atoms with van der Waals surface area (Å²) < 4.78 is 5.55. The molecule has 0 radical (unpaired) electrons. The standard InChI is InChI=1S/C20H24N2O5/c1-12(18(23)21-16-4-2-3-5-17(16)22(25)26)27-19(24)20-9-13-6-14(10-20)8-15(7-13)11-20/h2-5,12-15H,6-11H2,1H3,(H,21,23)/t12-,13?,14?,15?,20?/m0/s1. The van der Waals surface area contributed by atoms with Gasteiger partial charge in [0.05, 0.1) is 10.3 Å². The van der Waals surface area contributed by atoms with Crippen LogP contribution in [0.1, 0.15) is 45.4 Å². The van der Waals surface area contributed by atoms with Crippen LogP contribution in [0.3, 0.4) is 0 Å². The highest BCUT2D eigenvalue weighted by atomic mass is 16.6. The zero-order valence-corrected chi connectivity index (χ0v) is 15.3. The summed E-state index contributed by atoms with van der Waals surface area (Å²) in [7, 11) is 0. The number of carbonyl (C=O) groups excluding carboxylic acids is 2. The number of benzene rings is 1. The van der Waals surface area contributed by atoms with Gasteiger partial charge in [0.2, 0.25) is 0 Å². The second kappa shape index (κ2) is 6.62. The van der Waals surface area contributed by atoms with Crippen molar-refractivity contribution in [2.75, 3.05) is 5.32 Å². The number of ether oxygens (including phenoxy) is 1. The van der Waals surface area contributed by atoms with Crippen LogP contribution in [0.5, 0.6) is 0 Å². The lowest BCUT2D eigenvalue weighted by molar-refractivity contribution is -0.383. The van der Waals surface area contributed by atoms with Crippen LogP contribution in [0.25, 0.3) is 0 Å². The summed E-state index contributed by atoms with van der Waals surface area (Å²) in [4.78, 5) is 35.9. The van der Waals surface area contributed by atoms with Crippen LogP contribution in [0, 0.1) is 33.3 Å². The lowest BCUT2D eigenvalue weighted by atomic mass is 9.49. The third-order valence-electron chi connectivity index (χ3n) is 6.48. The molecule has 1 amide bonds. The molecule has 0 saturated heterocycles. The quantitative estimate of drug-likeness (QED) is 0.483. The van der Waals surface area contributed by atoms with Crippen LogP contribution in [-0.2, 0) is 14.3 Å². The summed E-state index contributed by atoms with van der Waals surface area (Å²) in [6, 6.07) is 5.92. The third kappa shape index (κ3) is 3.31. The smallest absolute Gasteiger partial charge is 0.312 e. The first-order valence-electron chi connectivity index (χ1n) is 9.62. The molecule has 0 heterocycles. The normalized spacial score (nSPS) is 32.0. The average molecular weight is 372 g/mol. The number of rotatable bonds is 5. The summed E-state index contributed by atoms with van der Waals surface area (Å²) >= 11 is 0. The molecular formula is C20H24N2O5. The molecule has 7 heteroatoms. The van der Waals surface area contributed by atoms with Crippen LogP contribution in [0.15, 0.2) is 24.3 Å². The Kier molecular flexibility index (Phi) is 4.40. The monoisotopic (exact) mass is 372 g/mol. The molecule has 5 rings (SSSR count). The molecule has 4 bridgehead atoms. The Hall–Kier alpha value is -2.44. The lowest BCUT2D eigenvalue weighted by Crippen LogP contribution is -2.51. The van der Waals surface area contributed by atoms with Gasteiger partial charge in [-0.05, 0) is 69.3 Å². The van der Waals surface area contributed by atoms with E-state index in [0.29, 0.717) is 17.8 Å². The van der Waals surface area contributed by atoms with Crippen molar-refractivity contribution in [3.05, 3.63) is 34.4 Å². The van der Waals surface area contributed by atoms with Gasteiger partial charge in [0.25, 0.3) is 11.6 Å². The van der Waals surface area contributed by atoms with E-state index in [1.165, 1.54) is 44.4 Å². The van der Waals surface area contributed by atoms with Gasteiger partial charge in [-0.3, -0.25) is 19.7 Å². The highest BCUT2D eigenvalue weighted by Gasteiger charge is 2.55. The fraction of sp³-hybridized carbons (Fsp3) is 0.600. The Bertz CT molecular complexity index is 755. The first-order chi connectivity index (χ1) is 12.9. The average Bonchev–Trinajstić information content (AvgIpc) is 2.60. The third-order valence-corrected chi connectivity index (χ3v) is 6.48. The van der Waals surface area contributed by atoms with E-state index in [4.69, 9.17) is 4.74 Å². The predicted molar refractivity (Wildman–Crippen MR) is 97.9 cm³/mol. The van der Waals surface area contributed by atoms with Gasteiger partial charge in [0, 0.05) is 6.07 Å². The van der Waals surface area contributed by atoms with Gasteiger partial charge in [0.15, 0.2) is 6.10 Å². The Morgan fingerprint density at radius 1 is 1.15 bits per heavy atom. The van der Waals surface area contributed by atoms with E-state index in [9.17, 15) is 19.7 Å². The fourth-order valence-electron chi connectivity index (χ4n) is 5.67. The van der Waals surface area contributed by atoms with Crippen molar-refractivity contribution in [3.63, 3.8) is 0 Å². The van der Waals surface area contributed by atoms with Gasteiger partial charge >= 0.3 is 5.97 Å². The molecule has 0 aromatic heterocycles. The molecule has 0 aliphatic heterocycles. The highest BCUT2D eigenvalue weighted by molar-refractivity contribution is 5.97. The Morgan fingerprint density at radius 2 is 1.70 bits per heavy atom. The van der Waals surface area contributed by atoms with Crippen LogP contribution in [0.4, 0.5) is 11.4 Å². The molecule has 0 spiro atoms. The van der Waals surface area contributed by atoms with Crippen molar-refractivity contribution in [2.45, 2.75) is 51.6 Å². The Balaban J connectivity index is 1.42. The van der Waals surface area contributed by atoms with E-state index >= 15 is 0 Å². The number of hydrogen-bond donors (Lipinski definition) is 1. The van der Waals surface area contributed by atoms with Gasteiger partial charge in [-0.2, -0.15) is 0 Å². The second-order valence-corrected chi connectivity index (χ2v) is 8.51. The summed E-state index contributed by atoms with van der Waals surface area (Å²) in [5.74, 6) is 1.01. The zero-order chi connectivity index (χ0) is 19.2. The number of anilines is 1. The lowest BCUT2D eigenvalue weighted by Gasteiger charge is -2.55. The number of esters is 1. The van der Waals surface area contributed by atoms with E-state index in [-0.39, 0.29) is 17.3 Å². The largest absolute Gasteiger partial charge is 0.452 e. The zero-order valence-electron chi connectivity index (χ0n) is 15.3. The maximum absolute atomic E-state index is 12.9. The van der Waals surface area contributed by atoms with Crippen LogP contribution < -0.4 is 5.32 Å². The van der Waals surface area contributed by atoms with Gasteiger partial charge in [0.1, 0.15) is 5.69 Å². The molecule has 1 N–H and O–H groups in total. The number of amides is 1. The van der Waals surface area contributed by atoms with E-state index in [2.05, 4.69) is 5.32 Å². The van der Waals surface area contributed by atoms with E-state index in [0.717, 1.165) is 19.3 Å². The van der Waals surface area contributed by atoms with Crippen molar-refractivity contribution in [1.82, 2.24) is 0 Å². The first-order valence-corrected chi connectivity index (χ1v) is 9.62. The predicted octanol–water partition coefficient (Wildman–Crippen LogP) is 3.68. The van der Waals surface area contributed by atoms with Crippen molar-refractivity contribution in [2.24, 2.45) is 23.2 Å². The molecule has 7 nitrogen and oxygen atoms in total. The van der Waals surface area contributed by atoms with Crippen molar-refractivity contribution >= 4 is 23.3 Å².